The number of hydrogen-bond acceptors (Lipinski definition) is 6. The summed E-state index contributed by atoms with van der Waals surface area (Å²) in [6, 6.07) is 7.22. The zero-order chi connectivity index (χ0) is 18.7. The van der Waals surface area contributed by atoms with Crippen molar-refractivity contribution >= 4 is 27.5 Å². The summed E-state index contributed by atoms with van der Waals surface area (Å²) >= 11 is 1.22. The number of carbonyl (C=O) groups is 1. The molecule has 0 aliphatic heterocycles. The van der Waals surface area contributed by atoms with Crippen molar-refractivity contribution in [3.8, 4) is 11.5 Å². The molecule has 1 aromatic carbocycles. The molecule has 0 bridgehead atoms. The second kappa shape index (κ2) is 7.57. The molecular weight excluding hydrogens is 354 g/mol. The molecule has 0 saturated carbocycles. The van der Waals surface area contributed by atoms with Crippen molar-refractivity contribution in [3.63, 3.8) is 0 Å². The molecule has 1 N–H and O–H groups in total. The molecule has 3 rings (SSSR count). The molecule has 26 heavy (non-hydrogen) atoms. The minimum Gasteiger partial charge on any atom is -0.497 e. The third-order valence-corrected chi connectivity index (χ3v) is 5.13. The Hall–Kier alpha value is -2.87. The summed E-state index contributed by atoms with van der Waals surface area (Å²) in [4.78, 5) is 29.9. The third kappa shape index (κ3) is 3.55. The summed E-state index contributed by atoms with van der Waals surface area (Å²) in [6.07, 6.45) is 1.46. The highest BCUT2D eigenvalue weighted by Gasteiger charge is 2.18. The fourth-order valence-corrected chi connectivity index (χ4v) is 3.57. The van der Waals surface area contributed by atoms with E-state index in [2.05, 4.69) is 10.3 Å². The molecule has 0 aliphatic rings. The van der Waals surface area contributed by atoms with Crippen molar-refractivity contribution in [2.24, 2.45) is 7.05 Å². The van der Waals surface area contributed by atoms with E-state index in [4.69, 9.17) is 9.47 Å². The molecule has 1 amide bonds. The number of thiophene rings is 1. The molecule has 0 fully saturated rings. The van der Waals surface area contributed by atoms with Gasteiger partial charge in [-0.15, -0.1) is 11.3 Å². The number of benzene rings is 1. The van der Waals surface area contributed by atoms with Crippen LogP contribution in [0.25, 0.3) is 10.2 Å². The average Bonchev–Trinajstić information content (AvgIpc) is 2.99. The summed E-state index contributed by atoms with van der Waals surface area (Å²) < 4.78 is 12.1. The van der Waals surface area contributed by atoms with Crippen molar-refractivity contribution in [2.75, 3.05) is 20.3 Å². The van der Waals surface area contributed by atoms with Crippen LogP contribution in [0.3, 0.4) is 0 Å². The lowest BCUT2D eigenvalue weighted by atomic mass is 10.2. The Balaban J connectivity index is 1.61. The van der Waals surface area contributed by atoms with Crippen LogP contribution < -0.4 is 20.3 Å². The van der Waals surface area contributed by atoms with Crippen LogP contribution in [0.4, 0.5) is 0 Å². The SMILES string of the molecule is COc1ccc(OCCNC(=O)c2sc3ncn(C)c(=O)c3c2C)cc1. The van der Waals surface area contributed by atoms with Crippen LogP contribution in [0.15, 0.2) is 35.4 Å². The fourth-order valence-electron chi connectivity index (χ4n) is 2.51. The summed E-state index contributed by atoms with van der Waals surface area (Å²) in [7, 11) is 3.24. The van der Waals surface area contributed by atoms with E-state index in [-0.39, 0.29) is 11.5 Å². The van der Waals surface area contributed by atoms with E-state index in [1.54, 1.807) is 33.2 Å². The summed E-state index contributed by atoms with van der Waals surface area (Å²) in [5.74, 6) is 1.22. The third-order valence-electron chi connectivity index (χ3n) is 3.93. The van der Waals surface area contributed by atoms with Gasteiger partial charge in [-0.25, -0.2) is 4.98 Å². The number of hydrogen-bond donors (Lipinski definition) is 1. The number of nitrogens with one attached hydrogen (secondary N) is 1. The Kier molecular flexibility index (Phi) is 5.22. The van der Waals surface area contributed by atoms with Gasteiger partial charge in [-0.3, -0.25) is 9.59 Å². The minimum atomic E-state index is -0.231. The molecule has 7 nitrogen and oxygen atoms in total. The Morgan fingerprint density at radius 2 is 1.96 bits per heavy atom. The highest BCUT2D eigenvalue weighted by atomic mass is 32.1. The van der Waals surface area contributed by atoms with Gasteiger partial charge >= 0.3 is 0 Å². The maximum Gasteiger partial charge on any atom is 0.262 e. The summed E-state index contributed by atoms with van der Waals surface area (Å²) in [5, 5.41) is 3.31. The fraction of sp³-hybridized carbons (Fsp3) is 0.278. The molecular formula is C18H19N3O4S. The molecule has 136 valence electrons. The minimum absolute atomic E-state index is 0.148. The molecule has 0 radical (unpaired) electrons. The Labute approximate surface area is 154 Å². The average molecular weight is 373 g/mol. The van der Waals surface area contributed by atoms with Crippen LogP contribution >= 0.6 is 11.3 Å². The van der Waals surface area contributed by atoms with E-state index in [9.17, 15) is 9.59 Å². The second-order valence-electron chi connectivity index (χ2n) is 5.68. The monoisotopic (exact) mass is 373 g/mol. The zero-order valence-corrected chi connectivity index (χ0v) is 15.6. The van der Waals surface area contributed by atoms with Gasteiger partial charge in [0.2, 0.25) is 0 Å². The summed E-state index contributed by atoms with van der Waals surface area (Å²) in [5.41, 5.74) is 0.512. The van der Waals surface area contributed by atoms with E-state index in [0.717, 1.165) is 5.75 Å². The molecule has 2 aromatic heterocycles. The Bertz CT molecular complexity index is 992. The van der Waals surface area contributed by atoms with Crippen molar-refractivity contribution in [1.29, 1.82) is 0 Å². The predicted octanol–water partition coefficient (Wildman–Crippen LogP) is 2.12. The quantitative estimate of drug-likeness (QED) is 0.669. The molecule has 0 spiro atoms. The number of rotatable bonds is 6. The lowest BCUT2D eigenvalue weighted by molar-refractivity contribution is 0.0950. The van der Waals surface area contributed by atoms with Crippen LogP contribution in [-0.2, 0) is 7.05 Å². The van der Waals surface area contributed by atoms with Crippen molar-refractivity contribution < 1.29 is 14.3 Å². The number of aryl methyl sites for hydroxylation is 2. The molecule has 0 atom stereocenters. The second-order valence-corrected chi connectivity index (χ2v) is 6.68. The Morgan fingerprint density at radius 1 is 1.27 bits per heavy atom. The van der Waals surface area contributed by atoms with Crippen molar-refractivity contribution in [3.05, 3.63) is 51.4 Å². The van der Waals surface area contributed by atoms with Gasteiger partial charge in [0.15, 0.2) is 0 Å². The first-order valence-electron chi connectivity index (χ1n) is 8.01. The molecule has 0 unspecified atom stereocenters. The van der Waals surface area contributed by atoms with Gasteiger partial charge in [-0.1, -0.05) is 0 Å². The van der Waals surface area contributed by atoms with Gasteiger partial charge in [-0.05, 0) is 36.8 Å². The van der Waals surface area contributed by atoms with Crippen LogP contribution in [0.5, 0.6) is 11.5 Å². The van der Waals surface area contributed by atoms with Crippen LogP contribution in [0.1, 0.15) is 15.2 Å². The smallest absolute Gasteiger partial charge is 0.262 e. The van der Waals surface area contributed by atoms with E-state index in [1.165, 1.54) is 22.2 Å². The number of aromatic nitrogens is 2. The Morgan fingerprint density at radius 3 is 2.65 bits per heavy atom. The maximum absolute atomic E-state index is 12.4. The number of nitrogens with zero attached hydrogens (tertiary/aromatic N) is 2. The standard InChI is InChI=1S/C18H19N3O4S/c1-11-14-17(20-10-21(2)18(14)23)26-15(11)16(22)19-8-9-25-13-6-4-12(24-3)5-7-13/h4-7,10H,8-9H2,1-3H3,(H,19,22). The zero-order valence-electron chi connectivity index (χ0n) is 14.7. The van der Waals surface area contributed by atoms with Gasteiger partial charge in [0.1, 0.15) is 22.9 Å². The van der Waals surface area contributed by atoms with Gasteiger partial charge in [0.05, 0.1) is 30.2 Å². The summed E-state index contributed by atoms with van der Waals surface area (Å²) in [6.45, 7) is 2.46. The van der Waals surface area contributed by atoms with Gasteiger partial charge < -0.3 is 19.4 Å². The molecule has 8 heteroatoms. The van der Waals surface area contributed by atoms with E-state index >= 15 is 0 Å². The number of amides is 1. The molecule has 2 heterocycles. The lowest BCUT2D eigenvalue weighted by Crippen LogP contribution is -2.28. The van der Waals surface area contributed by atoms with Crippen LogP contribution in [-0.4, -0.2) is 35.7 Å². The number of ether oxygens (including phenoxy) is 2. The first kappa shape index (κ1) is 17.9. The largest absolute Gasteiger partial charge is 0.497 e. The first-order valence-corrected chi connectivity index (χ1v) is 8.82. The predicted molar refractivity (Wildman–Crippen MR) is 100 cm³/mol. The highest BCUT2D eigenvalue weighted by Crippen LogP contribution is 2.26. The normalized spacial score (nSPS) is 10.7. The van der Waals surface area contributed by atoms with Gasteiger partial charge in [0.25, 0.3) is 11.5 Å². The van der Waals surface area contributed by atoms with E-state index in [0.29, 0.717) is 39.6 Å². The van der Waals surface area contributed by atoms with Gasteiger partial charge in [0, 0.05) is 7.05 Å². The topological polar surface area (TPSA) is 82.4 Å². The van der Waals surface area contributed by atoms with Crippen molar-refractivity contribution in [2.45, 2.75) is 6.92 Å². The van der Waals surface area contributed by atoms with Crippen LogP contribution in [0.2, 0.25) is 0 Å². The van der Waals surface area contributed by atoms with E-state index < -0.39 is 0 Å². The van der Waals surface area contributed by atoms with E-state index in [1.807, 2.05) is 12.1 Å². The highest BCUT2D eigenvalue weighted by molar-refractivity contribution is 7.20. The maximum atomic E-state index is 12.4. The van der Waals surface area contributed by atoms with Crippen molar-refractivity contribution in [1.82, 2.24) is 14.9 Å². The molecule has 3 aromatic rings. The number of fused-ring (bicyclic) bond motifs is 1. The van der Waals surface area contributed by atoms with Crippen LogP contribution in [0, 0.1) is 6.92 Å². The first-order chi connectivity index (χ1) is 12.5. The lowest BCUT2D eigenvalue weighted by Gasteiger charge is -2.08. The molecule has 0 aliphatic carbocycles. The van der Waals surface area contributed by atoms with Gasteiger partial charge in [-0.2, -0.15) is 0 Å². The molecule has 0 saturated heterocycles. The number of carbonyl (C=O) groups excluding carboxylic acids is 1. The number of methoxy groups -OCH3 is 1.